The molecule has 0 radical (unpaired) electrons. The van der Waals surface area contributed by atoms with Crippen LogP contribution in [0.2, 0.25) is 5.02 Å². The van der Waals surface area contributed by atoms with E-state index in [1.54, 1.807) is 0 Å². The fourth-order valence-corrected chi connectivity index (χ4v) is 2.36. The van der Waals surface area contributed by atoms with Gasteiger partial charge in [0, 0.05) is 17.5 Å². The van der Waals surface area contributed by atoms with Crippen LogP contribution in [0.25, 0.3) is 0 Å². The van der Waals surface area contributed by atoms with Crippen LogP contribution in [0.4, 0.5) is 0 Å². The van der Waals surface area contributed by atoms with E-state index >= 15 is 0 Å². The van der Waals surface area contributed by atoms with Crippen molar-refractivity contribution < 1.29 is 5.11 Å². The van der Waals surface area contributed by atoms with E-state index in [0.29, 0.717) is 5.02 Å². The lowest BCUT2D eigenvalue weighted by atomic mass is 9.82. The lowest BCUT2D eigenvalue weighted by Gasteiger charge is -2.30. The maximum atomic E-state index is 10.5. The lowest BCUT2D eigenvalue weighted by Crippen LogP contribution is -2.33. The smallest absolute Gasteiger partial charge is 0.0909 e. The van der Waals surface area contributed by atoms with E-state index in [4.69, 9.17) is 11.6 Å². The quantitative estimate of drug-likeness (QED) is 0.809. The number of aliphatic hydroxyl groups is 1. The van der Waals surface area contributed by atoms with Gasteiger partial charge in [-0.3, -0.25) is 0 Å². The number of nitrogens with one attached hydrogen (secondary N) is 1. The fourth-order valence-electron chi connectivity index (χ4n) is 2.17. The minimum absolute atomic E-state index is 0.274. The van der Waals surface area contributed by atoms with Crippen LogP contribution in [0.5, 0.6) is 0 Å². The third-order valence-corrected chi connectivity index (χ3v) is 3.50. The number of hydrogen-bond donors (Lipinski definition) is 2. The topological polar surface area (TPSA) is 32.3 Å². The molecule has 2 atom stereocenters. The van der Waals surface area contributed by atoms with Crippen LogP contribution >= 0.6 is 11.6 Å². The summed E-state index contributed by atoms with van der Waals surface area (Å²) in [6.45, 7) is 3.73. The Balaban J connectivity index is 2.27. The number of benzene rings is 1. The van der Waals surface area contributed by atoms with Crippen molar-refractivity contribution in [2.45, 2.75) is 18.9 Å². The van der Waals surface area contributed by atoms with Crippen molar-refractivity contribution in [3.8, 4) is 0 Å². The maximum absolute atomic E-state index is 10.5. The molecule has 1 saturated heterocycles. The summed E-state index contributed by atoms with van der Waals surface area (Å²) < 4.78 is 0. The molecule has 0 saturated carbocycles. The summed E-state index contributed by atoms with van der Waals surface area (Å²) in [5.41, 5.74) is 0.123. The first-order chi connectivity index (χ1) is 7.10. The molecule has 2 nitrogen and oxygen atoms in total. The molecule has 1 aliphatic heterocycles. The average molecular weight is 226 g/mol. The van der Waals surface area contributed by atoms with Gasteiger partial charge in [-0.15, -0.1) is 0 Å². The molecule has 1 aromatic carbocycles. The zero-order valence-electron chi connectivity index (χ0n) is 8.83. The Hall–Kier alpha value is -0.570. The van der Waals surface area contributed by atoms with Crippen molar-refractivity contribution in [2.24, 2.45) is 5.92 Å². The van der Waals surface area contributed by atoms with Crippen LogP contribution in [0.15, 0.2) is 24.3 Å². The molecule has 0 spiro atoms. The van der Waals surface area contributed by atoms with Crippen molar-refractivity contribution >= 4 is 11.6 Å². The van der Waals surface area contributed by atoms with Gasteiger partial charge < -0.3 is 10.4 Å². The van der Waals surface area contributed by atoms with E-state index < -0.39 is 5.60 Å². The van der Waals surface area contributed by atoms with Gasteiger partial charge in [-0.25, -0.2) is 0 Å². The van der Waals surface area contributed by atoms with Gasteiger partial charge in [0.25, 0.3) is 0 Å². The molecule has 0 aliphatic carbocycles. The van der Waals surface area contributed by atoms with Gasteiger partial charge in [-0.05, 0) is 37.6 Å². The molecular formula is C12H16ClNO. The van der Waals surface area contributed by atoms with E-state index in [2.05, 4.69) is 5.32 Å². The molecule has 2 unspecified atom stereocenters. The second-order valence-corrected chi connectivity index (χ2v) is 4.78. The van der Waals surface area contributed by atoms with E-state index in [9.17, 15) is 5.11 Å². The van der Waals surface area contributed by atoms with Crippen LogP contribution in [0, 0.1) is 5.92 Å². The Morgan fingerprint density at radius 3 is 2.93 bits per heavy atom. The zero-order chi connectivity index (χ0) is 10.9. The molecule has 0 bridgehead atoms. The molecular weight excluding hydrogens is 210 g/mol. The summed E-state index contributed by atoms with van der Waals surface area (Å²) in [7, 11) is 0. The Morgan fingerprint density at radius 1 is 1.53 bits per heavy atom. The number of halogens is 1. The summed E-state index contributed by atoms with van der Waals surface area (Å²) in [5.74, 6) is 0.274. The molecule has 3 heteroatoms. The van der Waals surface area contributed by atoms with Crippen LogP contribution in [-0.4, -0.2) is 18.2 Å². The lowest BCUT2D eigenvalue weighted by molar-refractivity contribution is 0.00217. The Kier molecular flexibility index (Phi) is 3.01. The summed E-state index contributed by atoms with van der Waals surface area (Å²) in [5, 5.41) is 14.5. The Morgan fingerprint density at radius 2 is 2.33 bits per heavy atom. The third kappa shape index (κ3) is 2.17. The van der Waals surface area contributed by atoms with Crippen molar-refractivity contribution in [3.63, 3.8) is 0 Å². The Bertz CT molecular complexity index is 345. The van der Waals surface area contributed by atoms with Crippen LogP contribution in [0.3, 0.4) is 0 Å². The SMILES string of the molecule is CC(O)(c1cccc(Cl)c1)C1CCNC1. The minimum atomic E-state index is -0.783. The molecule has 2 N–H and O–H groups in total. The largest absolute Gasteiger partial charge is 0.385 e. The van der Waals surface area contributed by atoms with Crippen molar-refractivity contribution in [1.82, 2.24) is 5.32 Å². The predicted octanol–water partition coefficient (Wildman–Crippen LogP) is 2.16. The van der Waals surface area contributed by atoms with E-state index in [-0.39, 0.29) is 5.92 Å². The third-order valence-electron chi connectivity index (χ3n) is 3.26. The first-order valence-electron chi connectivity index (χ1n) is 5.30. The molecule has 1 aliphatic rings. The second-order valence-electron chi connectivity index (χ2n) is 4.35. The molecule has 0 aromatic heterocycles. The van der Waals surface area contributed by atoms with E-state index in [0.717, 1.165) is 25.1 Å². The molecule has 82 valence electrons. The second kappa shape index (κ2) is 4.12. The van der Waals surface area contributed by atoms with Crippen molar-refractivity contribution in [1.29, 1.82) is 0 Å². The van der Waals surface area contributed by atoms with Crippen LogP contribution in [0.1, 0.15) is 18.9 Å². The molecule has 1 heterocycles. The Labute approximate surface area is 95.3 Å². The summed E-state index contributed by atoms with van der Waals surface area (Å²) >= 11 is 5.93. The highest BCUT2D eigenvalue weighted by Gasteiger charge is 2.35. The minimum Gasteiger partial charge on any atom is -0.385 e. The first kappa shape index (κ1) is 10.9. The van der Waals surface area contributed by atoms with E-state index in [1.807, 2.05) is 31.2 Å². The molecule has 15 heavy (non-hydrogen) atoms. The van der Waals surface area contributed by atoms with E-state index in [1.165, 1.54) is 0 Å². The van der Waals surface area contributed by atoms with Crippen molar-refractivity contribution in [3.05, 3.63) is 34.9 Å². The highest BCUT2D eigenvalue weighted by molar-refractivity contribution is 6.30. The van der Waals surface area contributed by atoms with Gasteiger partial charge >= 0.3 is 0 Å². The van der Waals surface area contributed by atoms with Gasteiger partial charge in [0.05, 0.1) is 5.60 Å². The monoisotopic (exact) mass is 225 g/mol. The van der Waals surface area contributed by atoms with Crippen molar-refractivity contribution in [2.75, 3.05) is 13.1 Å². The van der Waals surface area contributed by atoms with Crippen LogP contribution < -0.4 is 5.32 Å². The normalized spacial score (nSPS) is 25.1. The van der Waals surface area contributed by atoms with Gasteiger partial charge in [-0.1, -0.05) is 23.7 Å². The zero-order valence-corrected chi connectivity index (χ0v) is 9.59. The van der Waals surface area contributed by atoms with Gasteiger partial charge in [-0.2, -0.15) is 0 Å². The predicted molar refractivity (Wildman–Crippen MR) is 62.0 cm³/mol. The van der Waals surface area contributed by atoms with Gasteiger partial charge in [0.15, 0.2) is 0 Å². The number of hydrogen-bond acceptors (Lipinski definition) is 2. The molecule has 2 rings (SSSR count). The van der Waals surface area contributed by atoms with Gasteiger partial charge in [0.2, 0.25) is 0 Å². The summed E-state index contributed by atoms with van der Waals surface area (Å²) in [6, 6.07) is 7.49. The fraction of sp³-hybridized carbons (Fsp3) is 0.500. The summed E-state index contributed by atoms with van der Waals surface area (Å²) in [6.07, 6.45) is 1.01. The first-order valence-corrected chi connectivity index (χ1v) is 5.67. The molecule has 1 aromatic rings. The highest BCUT2D eigenvalue weighted by atomic mass is 35.5. The van der Waals surface area contributed by atoms with Gasteiger partial charge in [0.1, 0.15) is 0 Å². The summed E-state index contributed by atoms with van der Waals surface area (Å²) in [4.78, 5) is 0. The average Bonchev–Trinajstić information content (AvgIpc) is 2.71. The molecule has 0 amide bonds. The molecule has 1 fully saturated rings. The van der Waals surface area contributed by atoms with Crippen LogP contribution in [-0.2, 0) is 5.60 Å². The number of rotatable bonds is 2. The maximum Gasteiger partial charge on any atom is 0.0909 e. The highest BCUT2D eigenvalue weighted by Crippen LogP contribution is 2.33. The standard InChI is InChI=1S/C12H16ClNO/c1-12(15,10-5-6-14-8-10)9-3-2-4-11(13)7-9/h2-4,7,10,14-15H,5-6,8H2,1H3.